The van der Waals surface area contributed by atoms with Gasteiger partial charge < -0.3 is 10.6 Å². The molecule has 0 bridgehead atoms. The first-order valence-corrected chi connectivity index (χ1v) is 10.8. The Balaban J connectivity index is 1.48. The summed E-state index contributed by atoms with van der Waals surface area (Å²) in [5.74, 6) is 0. The third-order valence-corrected chi connectivity index (χ3v) is 5.30. The summed E-state index contributed by atoms with van der Waals surface area (Å²) < 4.78 is 38.7. The van der Waals surface area contributed by atoms with E-state index in [0.717, 1.165) is 17.7 Å². The second kappa shape index (κ2) is 10.3. The van der Waals surface area contributed by atoms with Crippen LogP contribution in [0.15, 0.2) is 77.6 Å². The number of aromatic nitrogens is 2. The molecule has 37 heavy (non-hydrogen) atoms. The summed E-state index contributed by atoms with van der Waals surface area (Å²) in [6.45, 7) is 0. The number of alkyl halides is 3. The van der Waals surface area contributed by atoms with E-state index in [9.17, 15) is 32.9 Å². The summed E-state index contributed by atoms with van der Waals surface area (Å²) in [6.07, 6.45) is -0.657. The predicted octanol–water partition coefficient (Wildman–Crippen LogP) is 5.75. The van der Waals surface area contributed by atoms with Crippen molar-refractivity contribution in [3.8, 4) is 0 Å². The van der Waals surface area contributed by atoms with Gasteiger partial charge in [0.2, 0.25) is 0 Å². The van der Waals surface area contributed by atoms with Crippen molar-refractivity contribution >= 4 is 39.9 Å². The summed E-state index contributed by atoms with van der Waals surface area (Å²) in [7, 11) is 0. The molecule has 0 spiro atoms. The fourth-order valence-corrected chi connectivity index (χ4v) is 3.54. The molecule has 0 atom stereocenters. The molecule has 0 aliphatic carbocycles. The normalized spacial score (nSPS) is 11.5. The molecule has 4 aromatic rings. The first-order valence-electron chi connectivity index (χ1n) is 10.8. The van der Waals surface area contributed by atoms with Crippen molar-refractivity contribution in [2.45, 2.75) is 12.6 Å². The van der Waals surface area contributed by atoms with Crippen LogP contribution >= 0.6 is 0 Å². The monoisotopic (exact) mass is 509 g/mol. The van der Waals surface area contributed by atoms with Crippen LogP contribution in [-0.2, 0) is 12.6 Å². The second-order valence-electron chi connectivity index (χ2n) is 7.87. The van der Waals surface area contributed by atoms with Crippen LogP contribution in [0, 0.1) is 10.1 Å². The van der Waals surface area contributed by atoms with Crippen LogP contribution in [0.2, 0.25) is 0 Å². The molecule has 3 aromatic carbocycles. The summed E-state index contributed by atoms with van der Waals surface area (Å²) in [6, 6.07) is 14.0. The molecule has 2 amide bonds. The minimum Gasteiger partial charge on any atom is -0.308 e. The highest BCUT2D eigenvalue weighted by Gasteiger charge is 2.30. The van der Waals surface area contributed by atoms with E-state index in [1.165, 1.54) is 30.3 Å². The molecule has 9 nitrogen and oxygen atoms in total. The lowest BCUT2D eigenvalue weighted by molar-refractivity contribution is -0.384. The van der Waals surface area contributed by atoms with Gasteiger partial charge in [0, 0.05) is 35.3 Å². The average Bonchev–Trinajstić information content (AvgIpc) is 2.85. The minimum atomic E-state index is -4.55. The van der Waals surface area contributed by atoms with Crippen LogP contribution in [0.5, 0.6) is 0 Å². The Morgan fingerprint density at radius 1 is 1.00 bits per heavy atom. The van der Waals surface area contributed by atoms with Crippen LogP contribution in [0.25, 0.3) is 16.8 Å². The largest absolute Gasteiger partial charge is 0.416 e. The van der Waals surface area contributed by atoms with Crippen LogP contribution in [-0.4, -0.2) is 21.2 Å². The Bertz CT molecular complexity index is 1560. The summed E-state index contributed by atoms with van der Waals surface area (Å²) >= 11 is 0. The van der Waals surface area contributed by atoms with E-state index in [1.54, 1.807) is 36.4 Å². The zero-order valence-electron chi connectivity index (χ0n) is 18.9. The molecule has 0 unspecified atom stereocenters. The van der Waals surface area contributed by atoms with E-state index in [2.05, 4.69) is 20.8 Å². The number of urea groups is 1. The van der Waals surface area contributed by atoms with Gasteiger partial charge in [0.15, 0.2) is 0 Å². The van der Waals surface area contributed by atoms with Gasteiger partial charge in [-0.1, -0.05) is 24.3 Å². The van der Waals surface area contributed by atoms with Gasteiger partial charge in [-0.15, -0.1) is 0 Å². The van der Waals surface area contributed by atoms with Gasteiger partial charge in [-0.3, -0.25) is 14.9 Å². The number of nitrogens with zero attached hydrogens (tertiary/aromatic N) is 2. The number of fused-ring (bicyclic) bond motifs is 1. The number of nitro benzene ring substituents is 1. The Morgan fingerprint density at radius 2 is 1.70 bits per heavy atom. The van der Waals surface area contributed by atoms with Crippen LogP contribution < -0.4 is 16.2 Å². The number of rotatable bonds is 6. The average molecular weight is 509 g/mol. The van der Waals surface area contributed by atoms with Gasteiger partial charge in [0.25, 0.3) is 11.2 Å². The molecular weight excluding hydrogens is 491 g/mol. The zero-order chi connectivity index (χ0) is 26.6. The second-order valence-corrected chi connectivity index (χ2v) is 7.87. The first-order chi connectivity index (χ1) is 17.6. The fourth-order valence-electron chi connectivity index (χ4n) is 3.54. The molecule has 0 aliphatic heterocycles. The molecule has 0 radical (unpaired) electrons. The van der Waals surface area contributed by atoms with Crippen molar-refractivity contribution in [3.05, 3.63) is 110 Å². The minimum absolute atomic E-state index is 0.0154. The van der Waals surface area contributed by atoms with E-state index < -0.39 is 28.3 Å². The van der Waals surface area contributed by atoms with Crippen molar-refractivity contribution < 1.29 is 22.9 Å². The highest BCUT2D eigenvalue weighted by molar-refractivity contribution is 6.01. The number of hydrogen-bond donors (Lipinski definition) is 3. The lowest BCUT2D eigenvalue weighted by Crippen LogP contribution is -2.20. The molecule has 0 saturated heterocycles. The molecule has 188 valence electrons. The standard InChI is InChI=1S/C25H18F3N5O4/c26-25(27,28)16-4-2-5-17(13-16)29-24(35)30-18-9-12-20-21(14-18)23(34)32-31-22(20)6-1-3-15-7-10-19(11-8-15)33(36)37/h1-5,7-14H,6H2,(H,32,34)(H2,29,30,35). The zero-order valence-corrected chi connectivity index (χ0v) is 18.9. The number of hydrogen-bond acceptors (Lipinski definition) is 5. The van der Waals surface area contributed by atoms with Gasteiger partial charge in [-0.05, 0) is 48.0 Å². The van der Waals surface area contributed by atoms with Gasteiger partial charge in [0.1, 0.15) is 0 Å². The Morgan fingerprint density at radius 3 is 2.38 bits per heavy atom. The molecule has 0 aliphatic rings. The van der Waals surface area contributed by atoms with Crippen molar-refractivity contribution in [3.63, 3.8) is 0 Å². The first kappa shape index (κ1) is 25.1. The van der Waals surface area contributed by atoms with Crippen molar-refractivity contribution in [2.75, 3.05) is 10.6 Å². The van der Waals surface area contributed by atoms with Crippen LogP contribution in [0.3, 0.4) is 0 Å². The summed E-state index contributed by atoms with van der Waals surface area (Å²) in [5, 5.41) is 22.9. The molecule has 3 N–H and O–H groups in total. The number of benzene rings is 3. The number of aromatic amines is 1. The number of nitro groups is 1. The SMILES string of the molecule is O=C(Nc1cccc(C(F)(F)F)c1)Nc1ccc2c(CC=Cc3ccc([N+](=O)[O-])cc3)n[nH]c(=O)c2c1. The Hall–Kier alpha value is -5.00. The van der Waals surface area contributed by atoms with Crippen molar-refractivity contribution in [1.82, 2.24) is 10.2 Å². The summed E-state index contributed by atoms with van der Waals surface area (Å²) in [5.41, 5.74) is 0.104. The van der Waals surface area contributed by atoms with E-state index >= 15 is 0 Å². The van der Waals surface area contributed by atoms with E-state index in [-0.39, 0.29) is 22.4 Å². The van der Waals surface area contributed by atoms with Crippen LogP contribution in [0.4, 0.5) is 35.0 Å². The number of carbonyl (C=O) groups excluding carboxylic acids is 1. The van der Waals surface area contributed by atoms with Gasteiger partial charge in [0.05, 0.1) is 21.6 Å². The summed E-state index contributed by atoms with van der Waals surface area (Å²) in [4.78, 5) is 34.9. The number of non-ortho nitro benzene ring substituents is 1. The maximum absolute atomic E-state index is 12.9. The smallest absolute Gasteiger partial charge is 0.308 e. The van der Waals surface area contributed by atoms with Crippen molar-refractivity contribution in [2.24, 2.45) is 0 Å². The highest BCUT2D eigenvalue weighted by atomic mass is 19.4. The number of anilines is 2. The van der Waals surface area contributed by atoms with E-state index in [0.29, 0.717) is 17.5 Å². The lowest BCUT2D eigenvalue weighted by atomic mass is 10.1. The van der Waals surface area contributed by atoms with Gasteiger partial charge in [-0.2, -0.15) is 18.3 Å². The highest BCUT2D eigenvalue weighted by Crippen LogP contribution is 2.30. The topological polar surface area (TPSA) is 130 Å². The van der Waals surface area contributed by atoms with E-state index in [4.69, 9.17) is 0 Å². The van der Waals surface area contributed by atoms with Gasteiger partial charge >= 0.3 is 12.2 Å². The third-order valence-electron chi connectivity index (χ3n) is 5.30. The molecule has 1 aromatic heterocycles. The van der Waals surface area contributed by atoms with E-state index in [1.807, 2.05) is 0 Å². The number of H-pyrrole nitrogens is 1. The third kappa shape index (κ3) is 6.17. The maximum atomic E-state index is 12.9. The quantitative estimate of drug-likeness (QED) is 0.225. The molecule has 12 heteroatoms. The lowest BCUT2D eigenvalue weighted by Gasteiger charge is -2.11. The Labute approximate surface area is 206 Å². The number of carbonyl (C=O) groups is 1. The number of nitrogens with one attached hydrogen (secondary N) is 3. The van der Waals surface area contributed by atoms with Crippen molar-refractivity contribution in [1.29, 1.82) is 0 Å². The number of amides is 2. The molecular formula is C25H18F3N5O4. The molecule has 0 fully saturated rings. The number of halogens is 3. The maximum Gasteiger partial charge on any atom is 0.416 e. The van der Waals surface area contributed by atoms with Gasteiger partial charge in [-0.25, -0.2) is 9.89 Å². The van der Waals surface area contributed by atoms with Crippen LogP contribution in [0.1, 0.15) is 16.8 Å². The Kier molecular flexibility index (Phi) is 7.00. The number of allylic oxidation sites excluding steroid dienone is 1. The molecule has 1 heterocycles. The molecule has 0 saturated carbocycles. The molecule has 4 rings (SSSR count). The fraction of sp³-hybridized carbons (Fsp3) is 0.0800. The predicted molar refractivity (Wildman–Crippen MR) is 132 cm³/mol.